The Kier molecular flexibility index (Phi) is 4.71. The van der Waals surface area contributed by atoms with E-state index >= 15 is 0 Å². The van der Waals surface area contributed by atoms with Crippen molar-refractivity contribution < 1.29 is 13.9 Å². The lowest BCUT2D eigenvalue weighted by atomic mass is 10.1. The van der Waals surface area contributed by atoms with Crippen LogP contribution in [0.1, 0.15) is 32.7 Å². The smallest absolute Gasteiger partial charge is 0.163 e. The van der Waals surface area contributed by atoms with E-state index in [1.54, 1.807) is 18.5 Å². The van der Waals surface area contributed by atoms with E-state index < -0.39 is 5.79 Å². The molecule has 3 heterocycles. The molecule has 1 unspecified atom stereocenters. The zero-order chi connectivity index (χ0) is 22.6. The van der Waals surface area contributed by atoms with Gasteiger partial charge in [-0.25, -0.2) is 14.4 Å². The van der Waals surface area contributed by atoms with E-state index in [9.17, 15) is 4.39 Å². The Hall–Kier alpha value is -3.29. The molecule has 3 atom stereocenters. The van der Waals surface area contributed by atoms with Gasteiger partial charge in [0.05, 0.1) is 17.5 Å². The van der Waals surface area contributed by atoms with Crippen LogP contribution < -0.4 is 5.32 Å². The van der Waals surface area contributed by atoms with Gasteiger partial charge in [0.25, 0.3) is 0 Å². The quantitative estimate of drug-likeness (QED) is 0.429. The van der Waals surface area contributed by atoms with Crippen molar-refractivity contribution in [3.05, 3.63) is 72.9 Å². The number of anilines is 2. The zero-order valence-corrected chi connectivity index (χ0v) is 18.5. The second-order valence-electron chi connectivity index (χ2n) is 9.15. The van der Waals surface area contributed by atoms with Gasteiger partial charge in [-0.2, -0.15) is 0 Å². The van der Waals surface area contributed by atoms with Crippen LogP contribution in [0.3, 0.4) is 0 Å². The lowest BCUT2D eigenvalue weighted by Crippen LogP contribution is -2.27. The first kappa shape index (κ1) is 20.3. The minimum absolute atomic E-state index is 0.0253. The number of hydrogen-bond donors (Lipinski definition) is 1. The summed E-state index contributed by atoms with van der Waals surface area (Å²) in [7, 11) is 0. The number of halogens is 1. The van der Waals surface area contributed by atoms with Crippen LogP contribution in [0.2, 0.25) is 0 Å². The van der Waals surface area contributed by atoms with Crippen molar-refractivity contribution in [2.45, 2.75) is 50.7 Å². The topological polar surface area (TPSA) is 61.2 Å². The Morgan fingerprint density at radius 2 is 1.79 bits per heavy atom. The first-order chi connectivity index (χ1) is 16.0. The molecule has 2 fully saturated rings. The van der Waals surface area contributed by atoms with Gasteiger partial charge < -0.3 is 19.4 Å². The fourth-order valence-corrected chi connectivity index (χ4v) is 5.15. The zero-order valence-electron chi connectivity index (χ0n) is 18.5. The minimum atomic E-state index is -0.580. The van der Waals surface area contributed by atoms with Crippen molar-refractivity contribution in [1.29, 1.82) is 0 Å². The summed E-state index contributed by atoms with van der Waals surface area (Å²) in [6.07, 6.45) is 5.69. The summed E-state index contributed by atoms with van der Waals surface area (Å²) in [4.78, 5) is 9.25. The molecule has 7 heteroatoms. The molecule has 0 spiro atoms. The monoisotopic (exact) mass is 444 g/mol. The number of nitrogens with one attached hydrogen (secondary N) is 1. The lowest BCUT2D eigenvalue weighted by molar-refractivity contribution is -0.155. The molecule has 33 heavy (non-hydrogen) atoms. The summed E-state index contributed by atoms with van der Waals surface area (Å²) in [5, 5.41) is 4.29. The van der Waals surface area contributed by atoms with E-state index in [0.29, 0.717) is 5.82 Å². The van der Waals surface area contributed by atoms with Crippen molar-refractivity contribution in [2.24, 2.45) is 0 Å². The average Bonchev–Trinajstić information content (AvgIpc) is 3.46. The second kappa shape index (κ2) is 7.64. The minimum Gasteiger partial charge on any atom is -0.344 e. The number of ether oxygens (including phenoxy) is 2. The van der Waals surface area contributed by atoms with E-state index in [4.69, 9.17) is 14.5 Å². The molecule has 2 aromatic heterocycles. The molecule has 2 aromatic carbocycles. The molecule has 1 aliphatic carbocycles. The number of benzene rings is 2. The van der Waals surface area contributed by atoms with Gasteiger partial charge >= 0.3 is 0 Å². The normalized spacial score (nSPS) is 23.7. The number of hydrogen-bond acceptors (Lipinski definition) is 5. The molecule has 2 aliphatic rings. The Morgan fingerprint density at radius 1 is 1.00 bits per heavy atom. The van der Waals surface area contributed by atoms with Gasteiger partial charge in [0.15, 0.2) is 5.79 Å². The standard InChI is InChI=1S/C26H25FN4O2/c1-26(2)32-21-13-12-20(23(21)33-26)31-14-19(16-6-4-3-5-7-16)22-24(28-15-29-25(22)31)30-18-10-8-17(27)9-11-18/h3-11,14-15,20-21,23H,12-13H2,1-2H3,(H,28,29,30)/t20?,21-,23+/m1/s1. The van der Waals surface area contributed by atoms with Crippen LogP contribution in [-0.4, -0.2) is 32.5 Å². The van der Waals surface area contributed by atoms with Gasteiger partial charge in [-0.3, -0.25) is 0 Å². The van der Waals surface area contributed by atoms with Gasteiger partial charge in [-0.15, -0.1) is 0 Å². The average molecular weight is 445 g/mol. The number of nitrogens with zero attached hydrogens (tertiary/aromatic N) is 3. The summed E-state index contributed by atoms with van der Waals surface area (Å²) >= 11 is 0. The highest BCUT2D eigenvalue weighted by Crippen LogP contribution is 2.46. The molecule has 0 amide bonds. The predicted octanol–water partition coefficient (Wildman–Crippen LogP) is 5.84. The van der Waals surface area contributed by atoms with Crippen LogP contribution in [0.5, 0.6) is 0 Å². The third-order valence-corrected chi connectivity index (χ3v) is 6.51. The molecule has 6 rings (SSSR count). The molecule has 1 saturated heterocycles. The molecule has 4 aromatic rings. The lowest BCUT2D eigenvalue weighted by Gasteiger charge is -2.23. The van der Waals surface area contributed by atoms with E-state index in [1.165, 1.54) is 12.1 Å². The molecular weight excluding hydrogens is 419 g/mol. The molecule has 1 aliphatic heterocycles. The highest BCUT2D eigenvalue weighted by molar-refractivity contribution is 6.02. The van der Waals surface area contributed by atoms with Gasteiger partial charge in [0.1, 0.15) is 29.7 Å². The summed E-state index contributed by atoms with van der Waals surface area (Å²) in [6, 6.07) is 16.6. The predicted molar refractivity (Wildman–Crippen MR) is 125 cm³/mol. The third-order valence-electron chi connectivity index (χ3n) is 6.51. The maximum atomic E-state index is 13.4. The molecule has 168 valence electrons. The molecule has 6 nitrogen and oxygen atoms in total. The van der Waals surface area contributed by atoms with Crippen LogP contribution in [0.25, 0.3) is 22.2 Å². The maximum absolute atomic E-state index is 13.4. The maximum Gasteiger partial charge on any atom is 0.163 e. The highest BCUT2D eigenvalue weighted by atomic mass is 19.1. The Balaban J connectivity index is 1.50. The molecule has 1 N–H and O–H groups in total. The molecule has 1 saturated carbocycles. The van der Waals surface area contributed by atoms with Crippen molar-refractivity contribution >= 4 is 22.5 Å². The molecular formula is C26H25FN4O2. The molecule has 0 radical (unpaired) electrons. The first-order valence-corrected chi connectivity index (χ1v) is 11.3. The summed E-state index contributed by atoms with van der Waals surface area (Å²) < 4.78 is 28.1. The van der Waals surface area contributed by atoms with Crippen molar-refractivity contribution in [3.8, 4) is 11.1 Å². The van der Waals surface area contributed by atoms with Crippen LogP contribution >= 0.6 is 0 Å². The Morgan fingerprint density at radius 3 is 2.58 bits per heavy atom. The number of aromatic nitrogens is 3. The largest absolute Gasteiger partial charge is 0.344 e. The van der Waals surface area contributed by atoms with Gasteiger partial charge in [-0.1, -0.05) is 30.3 Å². The Bertz CT molecular complexity index is 1300. The fraction of sp³-hybridized carbons (Fsp3) is 0.308. The van der Waals surface area contributed by atoms with Gasteiger partial charge in [0.2, 0.25) is 0 Å². The van der Waals surface area contributed by atoms with E-state index in [1.807, 2.05) is 32.0 Å². The van der Waals surface area contributed by atoms with Crippen LogP contribution in [0, 0.1) is 5.82 Å². The van der Waals surface area contributed by atoms with E-state index in [2.05, 4.69) is 33.2 Å². The molecule has 0 bridgehead atoms. The SMILES string of the molecule is CC1(C)O[C@@H]2CCC(n3cc(-c4ccccc4)c4c(Nc5ccc(F)cc5)ncnc43)[C@@H]2O1. The van der Waals surface area contributed by atoms with Crippen molar-refractivity contribution in [3.63, 3.8) is 0 Å². The summed E-state index contributed by atoms with van der Waals surface area (Å²) in [5.41, 5.74) is 3.72. The van der Waals surface area contributed by atoms with Crippen LogP contribution in [0.15, 0.2) is 67.1 Å². The Labute approximate surface area is 191 Å². The second-order valence-corrected chi connectivity index (χ2v) is 9.15. The van der Waals surface area contributed by atoms with Gasteiger partial charge in [0, 0.05) is 17.4 Å². The van der Waals surface area contributed by atoms with E-state index in [0.717, 1.165) is 40.7 Å². The van der Waals surface area contributed by atoms with Crippen LogP contribution in [0.4, 0.5) is 15.9 Å². The van der Waals surface area contributed by atoms with Crippen molar-refractivity contribution in [2.75, 3.05) is 5.32 Å². The fourth-order valence-electron chi connectivity index (χ4n) is 5.15. The third kappa shape index (κ3) is 3.57. The highest BCUT2D eigenvalue weighted by Gasteiger charge is 2.50. The summed E-state index contributed by atoms with van der Waals surface area (Å²) in [5.74, 6) is -0.173. The number of rotatable bonds is 4. The first-order valence-electron chi connectivity index (χ1n) is 11.3. The van der Waals surface area contributed by atoms with Crippen molar-refractivity contribution in [1.82, 2.24) is 14.5 Å². The summed E-state index contributed by atoms with van der Waals surface area (Å²) in [6.45, 7) is 3.94. The van der Waals surface area contributed by atoms with Crippen LogP contribution in [-0.2, 0) is 9.47 Å². The van der Waals surface area contributed by atoms with E-state index in [-0.39, 0.29) is 24.1 Å². The number of fused-ring (bicyclic) bond motifs is 2. The van der Waals surface area contributed by atoms with Gasteiger partial charge in [-0.05, 0) is 56.5 Å².